The first-order valence-electron chi connectivity index (χ1n) is 6.54. The molecule has 5 heteroatoms. The van der Waals surface area contributed by atoms with Crippen molar-refractivity contribution in [3.63, 3.8) is 0 Å². The van der Waals surface area contributed by atoms with Gasteiger partial charge >= 0.3 is 5.97 Å². The predicted octanol–water partition coefficient (Wildman–Crippen LogP) is 4.13. The van der Waals surface area contributed by atoms with Crippen LogP contribution in [0.2, 0.25) is 5.02 Å². The van der Waals surface area contributed by atoms with Crippen LogP contribution in [0.25, 0.3) is 10.9 Å². The van der Waals surface area contributed by atoms with Crippen molar-refractivity contribution in [2.24, 2.45) is 0 Å². The molecule has 108 valence electrons. The van der Waals surface area contributed by atoms with Crippen molar-refractivity contribution < 1.29 is 11.0 Å². The Balaban J connectivity index is 0.00000220. The number of hydrogen-bond acceptors (Lipinski definition) is 4. The van der Waals surface area contributed by atoms with Crippen molar-refractivity contribution in [3.8, 4) is 0 Å². The highest BCUT2D eigenvalue weighted by Crippen LogP contribution is 2.28. The summed E-state index contributed by atoms with van der Waals surface area (Å²) in [6.45, 7) is 6.19. The summed E-state index contributed by atoms with van der Waals surface area (Å²) < 4.78 is 4.96. The number of fused-ring (bicyclic) bond motifs is 1. The average molecular weight is 295 g/mol. The third kappa shape index (κ3) is 3.20. The molecule has 0 atom stereocenters. The fraction of sp³-hybridized carbons (Fsp3) is 0.333. The second kappa shape index (κ2) is 6.09. The van der Waals surface area contributed by atoms with Gasteiger partial charge in [0, 0.05) is 19.1 Å². The molecular formula is C15H19ClN2O2. The SMILES string of the molecule is CCOC(=O)c1cnc2cc(NC(C)C)c(Cl)cc2c1.[HH]. The zero-order valence-corrected chi connectivity index (χ0v) is 12.5. The molecule has 2 rings (SSSR count). The number of halogens is 1. The van der Waals surface area contributed by atoms with Gasteiger partial charge in [0.25, 0.3) is 0 Å². The van der Waals surface area contributed by atoms with Crippen LogP contribution >= 0.6 is 11.6 Å². The zero-order valence-electron chi connectivity index (χ0n) is 11.7. The van der Waals surface area contributed by atoms with E-state index in [4.69, 9.17) is 16.3 Å². The lowest BCUT2D eigenvalue weighted by molar-refractivity contribution is 0.0526. The summed E-state index contributed by atoms with van der Waals surface area (Å²) in [6, 6.07) is 5.71. The molecule has 0 saturated heterocycles. The normalized spacial score (nSPS) is 10.8. The molecule has 0 unspecified atom stereocenters. The third-order valence-electron chi connectivity index (χ3n) is 2.73. The summed E-state index contributed by atoms with van der Waals surface area (Å²) in [5.74, 6) is -0.373. The van der Waals surface area contributed by atoms with Crippen LogP contribution in [0.15, 0.2) is 24.4 Å². The molecule has 0 spiro atoms. The Morgan fingerprint density at radius 2 is 2.20 bits per heavy atom. The second-order valence-corrected chi connectivity index (χ2v) is 5.18. The third-order valence-corrected chi connectivity index (χ3v) is 3.04. The van der Waals surface area contributed by atoms with Crippen LogP contribution in [0.3, 0.4) is 0 Å². The van der Waals surface area contributed by atoms with Gasteiger partial charge in [-0.25, -0.2) is 4.79 Å². The molecule has 0 aliphatic carbocycles. The van der Waals surface area contributed by atoms with Crippen LogP contribution in [0.4, 0.5) is 5.69 Å². The number of ether oxygens (including phenoxy) is 1. The van der Waals surface area contributed by atoms with Crippen molar-refractivity contribution >= 4 is 34.2 Å². The number of carbonyl (C=O) groups is 1. The first-order chi connectivity index (χ1) is 9.51. The molecule has 0 aliphatic heterocycles. The van der Waals surface area contributed by atoms with E-state index in [1.54, 1.807) is 19.1 Å². The Hall–Kier alpha value is -1.81. The quantitative estimate of drug-likeness (QED) is 0.861. The Labute approximate surface area is 124 Å². The topological polar surface area (TPSA) is 51.2 Å². The van der Waals surface area contributed by atoms with Crippen molar-refractivity contribution in [2.45, 2.75) is 26.8 Å². The van der Waals surface area contributed by atoms with Gasteiger partial charge in [0.15, 0.2) is 0 Å². The number of rotatable bonds is 4. The maximum Gasteiger partial charge on any atom is 0.339 e. The highest BCUT2D eigenvalue weighted by Gasteiger charge is 2.10. The van der Waals surface area contributed by atoms with Crippen LogP contribution < -0.4 is 5.32 Å². The number of esters is 1. The van der Waals surface area contributed by atoms with Gasteiger partial charge in [-0.1, -0.05) is 11.6 Å². The summed E-state index contributed by atoms with van der Waals surface area (Å²) in [6.07, 6.45) is 1.52. The number of anilines is 1. The summed E-state index contributed by atoms with van der Waals surface area (Å²) in [5.41, 5.74) is 2.05. The molecule has 20 heavy (non-hydrogen) atoms. The maximum atomic E-state index is 11.7. The molecule has 0 saturated carbocycles. The number of nitrogens with zero attached hydrogens (tertiary/aromatic N) is 1. The van der Waals surface area contributed by atoms with E-state index in [1.807, 2.05) is 19.9 Å². The molecule has 1 aromatic heterocycles. The van der Waals surface area contributed by atoms with E-state index < -0.39 is 0 Å². The van der Waals surface area contributed by atoms with Crippen LogP contribution in [-0.4, -0.2) is 23.6 Å². The van der Waals surface area contributed by atoms with Gasteiger partial charge in [-0.05, 0) is 39.0 Å². The van der Waals surface area contributed by atoms with E-state index in [1.165, 1.54) is 6.20 Å². The largest absolute Gasteiger partial charge is 0.462 e. The van der Waals surface area contributed by atoms with E-state index >= 15 is 0 Å². The molecule has 1 aromatic carbocycles. The second-order valence-electron chi connectivity index (χ2n) is 4.77. The summed E-state index contributed by atoms with van der Waals surface area (Å²) in [4.78, 5) is 16.0. The van der Waals surface area contributed by atoms with Gasteiger partial charge in [-0.2, -0.15) is 0 Å². The number of carbonyl (C=O) groups excluding carboxylic acids is 1. The van der Waals surface area contributed by atoms with Gasteiger partial charge in [0.1, 0.15) is 0 Å². The number of aromatic nitrogens is 1. The molecule has 0 bridgehead atoms. The Bertz CT molecular complexity index is 647. The highest BCUT2D eigenvalue weighted by molar-refractivity contribution is 6.34. The molecule has 4 nitrogen and oxygen atoms in total. The van der Waals surface area contributed by atoms with Gasteiger partial charge in [-0.3, -0.25) is 4.98 Å². The molecule has 1 heterocycles. The predicted molar refractivity (Wildman–Crippen MR) is 83.6 cm³/mol. The minimum absolute atomic E-state index is 0. The summed E-state index contributed by atoms with van der Waals surface area (Å²) in [7, 11) is 0. The standard InChI is InChI=1S/C15H17ClN2O2.H2/c1-4-20-15(19)11-5-10-6-12(16)14(18-9(2)3)7-13(10)17-8-11;/h5-9,18H,4H2,1-3H3;1H. The van der Waals surface area contributed by atoms with Crippen molar-refractivity contribution in [2.75, 3.05) is 11.9 Å². The molecule has 0 amide bonds. The zero-order chi connectivity index (χ0) is 14.7. The minimum atomic E-state index is -0.373. The highest BCUT2D eigenvalue weighted by atomic mass is 35.5. The first kappa shape index (κ1) is 14.6. The Kier molecular flexibility index (Phi) is 4.45. The molecule has 0 fully saturated rings. The summed E-state index contributed by atoms with van der Waals surface area (Å²) >= 11 is 6.23. The van der Waals surface area contributed by atoms with Gasteiger partial charge in [0.2, 0.25) is 0 Å². The van der Waals surface area contributed by atoms with E-state index in [0.717, 1.165) is 16.6 Å². The van der Waals surface area contributed by atoms with Gasteiger partial charge in [0.05, 0.1) is 28.4 Å². The first-order valence-corrected chi connectivity index (χ1v) is 6.92. The lowest BCUT2D eigenvalue weighted by atomic mass is 10.1. The van der Waals surface area contributed by atoms with E-state index in [0.29, 0.717) is 17.2 Å². The van der Waals surface area contributed by atoms with Crippen molar-refractivity contribution in [1.29, 1.82) is 0 Å². The van der Waals surface area contributed by atoms with Crippen molar-refractivity contribution in [3.05, 3.63) is 35.0 Å². The monoisotopic (exact) mass is 294 g/mol. The van der Waals surface area contributed by atoms with Crippen LogP contribution in [0, 0.1) is 0 Å². The average Bonchev–Trinajstić information content (AvgIpc) is 2.39. The molecule has 1 N–H and O–H groups in total. The molecule has 0 radical (unpaired) electrons. The molecular weight excluding hydrogens is 276 g/mol. The number of pyridine rings is 1. The fourth-order valence-corrected chi connectivity index (χ4v) is 2.12. The van der Waals surface area contributed by atoms with Crippen LogP contribution in [-0.2, 0) is 4.74 Å². The van der Waals surface area contributed by atoms with Gasteiger partial charge in [-0.15, -0.1) is 0 Å². The van der Waals surface area contributed by atoms with Gasteiger partial charge < -0.3 is 10.1 Å². The maximum absolute atomic E-state index is 11.7. The summed E-state index contributed by atoms with van der Waals surface area (Å²) in [5, 5.41) is 4.68. The number of nitrogens with one attached hydrogen (secondary N) is 1. The van der Waals surface area contributed by atoms with E-state index in [9.17, 15) is 4.79 Å². The smallest absolute Gasteiger partial charge is 0.339 e. The Morgan fingerprint density at radius 3 is 2.85 bits per heavy atom. The Morgan fingerprint density at radius 1 is 1.45 bits per heavy atom. The fourth-order valence-electron chi connectivity index (χ4n) is 1.90. The van der Waals surface area contributed by atoms with Crippen molar-refractivity contribution in [1.82, 2.24) is 4.98 Å². The van der Waals surface area contributed by atoms with Crippen LogP contribution in [0.1, 0.15) is 32.6 Å². The lowest BCUT2D eigenvalue weighted by Gasteiger charge is -2.12. The van der Waals surface area contributed by atoms with E-state index in [2.05, 4.69) is 10.3 Å². The lowest BCUT2D eigenvalue weighted by Crippen LogP contribution is -2.10. The van der Waals surface area contributed by atoms with Crippen LogP contribution in [0.5, 0.6) is 0 Å². The van der Waals surface area contributed by atoms with E-state index in [-0.39, 0.29) is 13.4 Å². The minimum Gasteiger partial charge on any atom is -0.462 e. The number of benzene rings is 1. The molecule has 0 aliphatic rings. The number of hydrogen-bond donors (Lipinski definition) is 1. The molecule has 2 aromatic rings.